The fraction of sp³-hybridized carbons (Fsp3) is 0.333. The molecule has 4 nitrogen and oxygen atoms in total. The van der Waals surface area contributed by atoms with Gasteiger partial charge < -0.3 is 9.64 Å². The average Bonchev–Trinajstić information content (AvgIpc) is 2.40. The summed E-state index contributed by atoms with van der Waals surface area (Å²) in [6.45, 7) is 2.15. The molecule has 1 amide bonds. The number of benzene rings is 1. The molecule has 1 heterocycles. The van der Waals surface area contributed by atoms with Crippen molar-refractivity contribution in [1.29, 1.82) is 0 Å². The summed E-state index contributed by atoms with van der Waals surface area (Å²) in [6, 6.07) is 9.76. The number of hydrogen-bond donors (Lipinski definition) is 0. The molecule has 1 aromatic carbocycles. The Labute approximate surface area is 112 Å². The van der Waals surface area contributed by atoms with Crippen LogP contribution in [0.15, 0.2) is 35.9 Å². The van der Waals surface area contributed by atoms with E-state index in [0.717, 1.165) is 16.7 Å². The van der Waals surface area contributed by atoms with Crippen LogP contribution in [0.1, 0.15) is 18.9 Å². The Morgan fingerprint density at radius 2 is 2.00 bits per heavy atom. The number of amides is 1. The van der Waals surface area contributed by atoms with E-state index >= 15 is 0 Å². The molecule has 0 N–H and O–H groups in total. The van der Waals surface area contributed by atoms with Crippen molar-refractivity contribution in [2.75, 3.05) is 20.2 Å². The highest BCUT2D eigenvalue weighted by Gasteiger charge is 2.23. The van der Waals surface area contributed by atoms with E-state index in [1.54, 1.807) is 11.9 Å². The average molecular weight is 259 g/mol. The molecule has 0 saturated heterocycles. The highest BCUT2D eigenvalue weighted by Crippen LogP contribution is 2.27. The third kappa shape index (κ3) is 3.22. The molecule has 2 rings (SSSR count). The van der Waals surface area contributed by atoms with Gasteiger partial charge in [-0.05, 0) is 16.7 Å². The number of hydrogen-bond acceptors (Lipinski definition) is 3. The van der Waals surface area contributed by atoms with Crippen molar-refractivity contribution < 1.29 is 14.3 Å². The van der Waals surface area contributed by atoms with Crippen LogP contribution in [0.2, 0.25) is 0 Å². The van der Waals surface area contributed by atoms with E-state index < -0.39 is 0 Å². The van der Waals surface area contributed by atoms with Gasteiger partial charge in [-0.15, -0.1) is 0 Å². The molecular weight excluding hydrogens is 242 g/mol. The molecule has 19 heavy (non-hydrogen) atoms. The molecule has 0 radical (unpaired) electrons. The van der Waals surface area contributed by atoms with Gasteiger partial charge in [0.05, 0.1) is 6.42 Å². The summed E-state index contributed by atoms with van der Waals surface area (Å²) in [5.41, 5.74) is 2.99. The van der Waals surface area contributed by atoms with E-state index in [-0.39, 0.29) is 18.5 Å². The molecule has 0 atom stereocenters. The Balaban J connectivity index is 2.32. The summed E-state index contributed by atoms with van der Waals surface area (Å²) in [6.07, 6.45) is 0.358. The first-order chi connectivity index (χ1) is 9.08. The molecule has 0 spiro atoms. The normalized spacial score (nSPS) is 15.7. The number of ether oxygens (including phenoxy) is 1. The minimum Gasteiger partial charge on any atom is -0.461 e. The smallest absolute Gasteiger partial charge is 0.302 e. The molecular formula is C15H17NO3. The summed E-state index contributed by atoms with van der Waals surface area (Å²) in [4.78, 5) is 24.5. The summed E-state index contributed by atoms with van der Waals surface area (Å²) in [5.74, 6) is -0.218. The zero-order valence-electron chi connectivity index (χ0n) is 11.2. The van der Waals surface area contributed by atoms with Crippen LogP contribution in [0.5, 0.6) is 0 Å². The van der Waals surface area contributed by atoms with E-state index in [2.05, 4.69) is 0 Å². The molecule has 0 aliphatic carbocycles. The second kappa shape index (κ2) is 5.69. The van der Waals surface area contributed by atoms with Crippen molar-refractivity contribution in [3.63, 3.8) is 0 Å². The van der Waals surface area contributed by atoms with E-state index in [1.807, 2.05) is 30.3 Å². The molecule has 1 aliphatic heterocycles. The largest absolute Gasteiger partial charge is 0.461 e. The molecule has 0 bridgehead atoms. The van der Waals surface area contributed by atoms with Gasteiger partial charge >= 0.3 is 5.97 Å². The lowest BCUT2D eigenvalue weighted by Crippen LogP contribution is -2.34. The van der Waals surface area contributed by atoms with E-state index in [4.69, 9.17) is 4.74 Å². The fourth-order valence-electron chi connectivity index (χ4n) is 2.15. The monoisotopic (exact) mass is 259 g/mol. The van der Waals surface area contributed by atoms with Crippen LogP contribution in [-0.4, -0.2) is 37.0 Å². The van der Waals surface area contributed by atoms with Crippen molar-refractivity contribution >= 4 is 17.4 Å². The lowest BCUT2D eigenvalue weighted by molar-refractivity contribution is -0.140. The minimum atomic E-state index is -0.306. The maximum atomic E-state index is 11.8. The number of likely N-dealkylation sites (N-methyl/N-ethyl adjacent to an activating group) is 1. The molecule has 1 aliphatic rings. The van der Waals surface area contributed by atoms with E-state index in [0.29, 0.717) is 13.0 Å². The van der Waals surface area contributed by atoms with Crippen molar-refractivity contribution in [3.05, 3.63) is 41.5 Å². The third-order valence-electron chi connectivity index (χ3n) is 3.18. The van der Waals surface area contributed by atoms with Gasteiger partial charge in [0.15, 0.2) is 0 Å². The molecule has 0 fully saturated rings. The van der Waals surface area contributed by atoms with Gasteiger partial charge in [-0.3, -0.25) is 9.59 Å². The van der Waals surface area contributed by atoms with Crippen molar-refractivity contribution in [2.45, 2.75) is 13.3 Å². The fourth-order valence-corrected chi connectivity index (χ4v) is 2.15. The first-order valence-electron chi connectivity index (χ1n) is 6.21. The Hall–Kier alpha value is -2.10. The lowest BCUT2D eigenvalue weighted by atomic mass is 9.93. The molecule has 4 heteroatoms. The zero-order valence-corrected chi connectivity index (χ0v) is 11.2. The van der Waals surface area contributed by atoms with E-state index in [9.17, 15) is 9.59 Å². The number of carbonyl (C=O) groups excluding carboxylic acids is 2. The van der Waals surface area contributed by atoms with Crippen molar-refractivity contribution in [3.8, 4) is 0 Å². The highest BCUT2D eigenvalue weighted by atomic mass is 16.5. The summed E-state index contributed by atoms with van der Waals surface area (Å²) >= 11 is 0. The van der Waals surface area contributed by atoms with Crippen LogP contribution < -0.4 is 0 Å². The Morgan fingerprint density at radius 3 is 2.63 bits per heavy atom. The van der Waals surface area contributed by atoms with Crippen LogP contribution in [0.3, 0.4) is 0 Å². The van der Waals surface area contributed by atoms with Crippen LogP contribution in [-0.2, 0) is 14.3 Å². The van der Waals surface area contributed by atoms with Crippen LogP contribution in [0.25, 0.3) is 5.57 Å². The van der Waals surface area contributed by atoms with Gasteiger partial charge in [0.1, 0.15) is 6.61 Å². The van der Waals surface area contributed by atoms with Crippen molar-refractivity contribution in [1.82, 2.24) is 4.90 Å². The Bertz CT molecular complexity index is 519. The van der Waals surface area contributed by atoms with Gasteiger partial charge in [-0.1, -0.05) is 30.3 Å². The zero-order chi connectivity index (χ0) is 13.8. The van der Waals surface area contributed by atoms with Gasteiger partial charge in [0.25, 0.3) is 0 Å². The first-order valence-corrected chi connectivity index (χ1v) is 6.21. The second-order valence-corrected chi connectivity index (χ2v) is 4.65. The quantitative estimate of drug-likeness (QED) is 0.778. The van der Waals surface area contributed by atoms with Crippen molar-refractivity contribution in [2.24, 2.45) is 0 Å². The molecule has 1 aromatic rings. The Morgan fingerprint density at radius 1 is 1.32 bits per heavy atom. The number of carbonyl (C=O) groups is 2. The Kier molecular flexibility index (Phi) is 4.00. The maximum Gasteiger partial charge on any atom is 0.302 e. The third-order valence-corrected chi connectivity index (χ3v) is 3.18. The van der Waals surface area contributed by atoms with Crippen LogP contribution in [0.4, 0.5) is 0 Å². The van der Waals surface area contributed by atoms with Gasteiger partial charge in [-0.2, -0.15) is 0 Å². The maximum absolute atomic E-state index is 11.8. The lowest BCUT2D eigenvalue weighted by Gasteiger charge is -2.27. The summed E-state index contributed by atoms with van der Waals surface area (Å²) in [7, 11) is 1.76. The summed E-state index contributed by atoms with van der Waals surface area (Å²) < 4.78 is 5.08. The molecule has 0 saturated carbocycles. The number of rotatable bonds is 3. The van der Waals surface area contributed by atoms with Gasteiger partial charge in [0, 0.05) is 20.5 Å². The second-order valence-electron chi connectivity index (χ2n) is 4.65. The summed E-state index contributed by atoms with van der Waals surface area (Å²) in [5, 5.41) is 0. The predicted molar refractivity (Wildman–Crippen MR) is 72.2 cm³/mol. The van der Waals surface area contributed by atoms with Gasteiger partial charge in [0.2, 0.25) is 5.91 Å². The molecule has 0 unspecified atom stereocenters. The number of esters is 1. The van der Waals surface area contributed by atoms with Crippen LogP contribution in [0, 0.1) is 0 Å². The minimum absolute atomic E-state index is 0.0884. The van der Waals surface area contributed by atoms with Crippen LogP contribution >= 0.6 is 0 Å². The van der Waals surface area contributed by atoms with E-state index in [1.165, 1.54) is 6.92 Å². The standard InChI is InChI=1S/C15H17NO3/c1-11(17)19-10-13-9-16(2)15(18)8-14(13)12-6-4-3-5-7-12/h3-7H,8-10H2,1-2H3. The molecule has 0 aromatic heterocycles. The topological polar surface area (TPSA) is 46.6 Å². The SMILES string of the molecule is CC(=O)OCC1=C(c2ccccc2)CC(=O)N(C)C1. The predicted octanol–water partition coefficient (Wildman–Crippen LogP) is 1.87. The highest BCUT2D eigenvalue weighted by molar-refractivity contribution is 5.92. The number of nitrogens with zero attached hydrogens (tertiary/aromatic N) is 1. The molecule has 100 valence electrons. The first kappa shape index (κ1) is 13.3. The van der Waals surface area contributed by atoms with Gasteiger partial charge in [-0.25, -0.2) is 0 Å².